The molecule has 0 aliphatic carbocycles. The minimum Gasteiger partial charge on any atom is -0.504 e. The summed E-state index contributed by atoms with van der Waals surface area (Å²) in [5.74, 6) is 0.0587. The fourth-order valence-corrected chi connectivity index (χ4v) is 3.57. The van der Waals surface area contributed by atoms with Gasteiger partial charge in [0.25, 0.3) is 0 Å². The number of phenols is 2. The molecule has 0 amide bonds. The van der Waals surface area contributed by atoms with Crippen LogP contribution in [0.25, 0.3) is 0 Å². The van der Waals surface area contributed by atoms with Crippen LogP contribution >= 0.6 is 0 Å². The van der Waals surface area contributed by atoms with Gasteiger partial charge in [-0.25, -0.2) is 0 Å². The molecule has 0 radical (unpaired) electrons. The third-order valence-electron chi connectivity index (χ3n) is 5.05. The van der Waals surface area contributed by atoms with Crippen LogP contribution in [0.5, 0.6) is 23.0 Å². The number of hydrogen-bond acceptors (Lipinski definition) is 7. The molecule has 0 bridgehead atoms. The lowest BCUT2D eigenvalue weighted by Gasteiger charge is -2.29. The molecule has 1 aliphatic heterocycles. The first kappa shape index (κ1) is 19.3. The normalized spacial score (nSPS) is 24.7. The molecule has 3 atom stereocenters. The van der Waals surface area contributed by atoms with Crippen molar-refractivity contribution < 1.29 is 34.6 Å². The largest absolute Gasteiger partial charge is 0.504 e. The Morgan fingerprint density at radius 1 is 1.04 bits per heavy atom. The van der Waals surface area contributed by atoms with E-state index < -0.39 is 17.6 Å². The molecule has 27 heavy (non-hydrogen) atoms. The topological polar surface area (TPSA) is 109 Å². The van der Waals surface area contributed by atoms with Gasteiger partial charge in [-0.1, -0.05) is 12.1 Å². The van der Waals surface area contributed by atoms with E-state index in [9.17, 15) is 20.4 Å². The zero-order chi connectivity index (χ0) is 19.6. The van der Waals surface area contributed by atoms with E-state index in [4.69, 9.17) is 14.2 Å². The molecule has 0 spiro atoms. The summed E-state index contributed by atoms with van der Waals surface area (Å²) in [4.78, 5) is 0. The molecular weight excluding hydrogens is 352 g/mol. The van der Waals surface area contributed by atoms with Gasteiger partial charge in [0.05, 0.1) is 39.1 Å². The van der Waals surface area contributed by atoms with E-state index in [1.54, 1.807) is 24.3 Å². The summed E-state index contributed by atoms with van der Waals surface area (Å²) in [5.41, 5.74) is 0.146. The van der Waals surface area contributed by atoms with Crippen molar-refractivity contribution in [2.24, 2.45) is 5.92 Å². The van der Waals surface area contributed by atoms with E-state index >= 15 is 0 Å². The highest BCUT2D eigenvalue weighted by Gasteiger charge is 2.49. The van der Waals surface area contributed by atoms with Gasteiger partial charge in [-0.15, -0.1) is 0 Å². The molecule has 1 heterocycles. The number of rotatable bonds is 6. The lowest BCUT2D eigenvalue weighted by atomic mass is 9.80. The first-order valence-corrected chi connectivity index (χ1v) is 8.59. The minimum absolute atomic E-state index is 0.00578. The van der Waals surface area contributed by atoms with E-state index in [0.29, 0.717) is 17.1 Å². The van der Waals surface area contributed by atoms with E-state index in [2.05, 4.69) is 0 Å². The highest BCUT2D eigenvalue weighted by atomic mass is 16.5. The summed E-state index contributed by atoms with van der Waals surface area (Å²) in [5, 5.41) is 40.6. The van der Waals surface area contributed by atoms with Gasteiger partial charge in [-0.05, 0) is 35.4 Å². The molecule has 2 aromatic rings. The van der Waals surface area contributed by atoms with Crippen molar-refractivity contribution in [2.75, 3.05) is 27.4 Å². The van der Waals surface area contributed by atoms with Gasteiger partial charge in [0, 0.05) is 12.3 Å². The number of phenolic OH excluding ortho intramolecular Hbond substituents is 2. The second-order valence-electron chi connectivity index (χ2n) is 6.74. The molecule has 2 unspecified atom stereocenters. The Labute approximate surface area is 157 Å². The molecule has 146 valence electrons. The smallest absolute Gasteiger partial charge is 0.160 e. The van der Waals surface area contributed by atoms with Gasteiger partial charge in [-0.2, -0.15) is 0 Å². The molecule has 1 aliphatic rings. The number of ether oxygens (including phenoxy) is 3. The standard InChI is InChI=1S/C20H24O7/c1-25-17-7-12(3-5-15(17)22)9-20(24)11-27-19(14(20)10-21)13-4-6-16(23)18(8-13)26-2/h3-8,14,19,21-24H,9-11H2,1-2H3/t14?,19?,20-/m1/s1. The molecule has 1 saturated heterocycles. The van der Waals surface area contributed by atoms with Crippen LogP contribution in [0.4, 0.5) is 0 Å². The average Bonchev–Trinajstić information content (AvgIpc) is 2.99. The summed E-state index contributed by atoms with van der Waals surface area (Å²) < 4.78 is 16.1. The third-order valence-corrected chi connectivity index (χ3v) is 5.05. The zero-order valence-corrected chi connectivity index (χ0v) is 15.3. The van der Waals surface area contributed by atoms with Gasteiger partial charge in [0.2, 0.25) is 0 Å². The van der Waals surface area contributed by atoms with Gasteiger partial charge in [0.15, 0.2) is 23.0 Å². The summed E-state index contributed by atoms with van der Waals surface area (Å²) in [7, 11) is 2.91. The maximum atomic E-state index is 11.2. The van der Waals surface area contributed by atoms with Crippen LogP contribution in [-0.4, -0.2) is 53.5 Å². The van der Waals surface area contributed by atoms with Crippen LogP contribution in [0.1, 0.15) is 17.2 Å². The molecule has 2 aromatic carbocycles. The molecule has 0 aromatic heterocycles. The van der Waals surface area contributed by atoms with E-state index in [-0.39, 0.29) is 31.1 Å². The Hall–Kier alpha value is -2.48. The fraction of sp³-hybridized carbons (Fsp3) is 0.400. The van der Waals surface area contributed by atoms with Gasteiger partial charge in [-0.3, -0.25) is 0 Å². The van der Waals surface area contributed by atoms with Crippen molar-refractivity contribution >= 4 is 0 Å². The molecule has 3 rings (SSSR count). The van der Waals surface area contributed by atoms with Crippen LogP contribution in [0, 0.1) is 5.92 Å². The van der Waals surface area contributed by atoms with Gasteiger partial charge >= 0.3 is 0 Å². The van der Waals surface area contributed by atoms with Gasteiger partial charge in [0.1, 0.15) is 0 Å². The van der Waals surface area contributed by atoms with Crippen molar-refractivity contribution in [2.45, 2.75) is 18.1 Å². The number of hydrogen-bond donors (Lipinski definition) is 4. The van der Waals surface area contributed by atoms with Crippen LogP contribution in [0.2, 0.25) is 0 Å². The third kappa shape index (κ3) is 3.66. The summed E-state index contributed by atoms with van der Waals surface area (Å²) in [6.45, 7) is -0.241. The maximum absolute atomic E-state index is 11.2. The summed E-state index contributed by atoms with van der Waals surface area (Å²) in [6.07, 6.45) is -0.325. The SMILES string of the molecule is COc1cc(C[C@@]2(O)COC(c3ccc(O)c(OC)c3)C2CO)ccc1O. The monoisotopic (exact) mass is 376 g/mol. The maximum Gasteiger partial charge on any atom is 0.160 e. The molecule has 0 saturated carbocycles. The van der Waals surface area contributed by atoms with Crippen LogP contribution in [0.3, 0.4) is 0 Å². The lowest BCUT2D eigenvalue weighted by Crippen LogP contribution is -2.41. The minimum atomic E-state index is -1.30. The number of aromatic hydroxyl groups is 2. The van der Waals surface area contributed by atoms with Gasteiger partial charge < -0.3 is 34.6 Å². The predicted octanol–water partition coefficient (Wildman–Crippen LogP) is 1.77. The number of benzene rings is 2. The second-order valence-corrected chi connectivity index (χ2v) is 6.74. The quantitative estimate of drug-likeness (QED) is 0.608. The fourth-order valence-electron chi connectivity index (χ4n) is 3.57. The van der Waals surface area contributed by atoms with Crippen molar-refractivity contribution in [1.29, 1.82) is 0 Å². The molecule has 7 nitrogen and oxygen atoms in total. The first-order valence-electron chi connectivity index (χ1n) is 8.59. The Kier molecular flexibility index (Phi) is 5.46. The van der Waals surface area contributed by atoms with Crippen molar-refractivity contribution in [3.8, 4) is 23.0 Å². The second kappa shape index (κ2) is 7.64. The van der Waals surface area contributed by atoms with Crippen LogP contribution < -0.4 is 9.47 Å². The highest BCUT2D eigenvalue weighted by Crippen LogP contribution is 2.44. The van der Waals surface area contributed by atoms with Crippen molar-refractivity contribution in [3.63, 3.8) is 0 Å². The van der Waals surface area contributed by atoms with E-state index in [1.165, 1.54) is 26.4 Å². The van der Waals surface area contributed by atoms with Crippen molar-refractivity contribution in [3.05, 3.63) is 47.5 Å². The summed E-state index contributed by atoms with van der Waals surface area (Å²) >= 11 is 0. The average molecular weight is 376 g/mol. The molecular formula is C20H24O7. The highest BCUT2D eigenvalue weighted by molar-refractivity contribution is 5.44. The Morgan fingerprint density at radius 3 is 2.30 bits per heavy atom. The first-order chi connectivity index (χ1) is 12.9. The zero-order valence-electron chi connectivity index (χ0n) is 15.3. The Morgan fingerprint density at radius 2 is 1.67 bits per heavy atom. The lowest BCUT2D eigenvalue weighted by molar-refractivity contribution is -0.0150. The predicted molar refractivity (Wildman–Crippen MR) is 97.2 cm³/mol. The van der Waals surface area contributed by atoms with E-state index in [1.807, 2.05) is 0 Å². The molecule has 4 N–H and O–H groups in total. The molecule has 7 heteroatoms. The van der Waals surface area contributed by atoms with Crippen molar-refractivity contribution in [1.82, 2.24) is 0 Å². The number of methoxy groups -OCH3 is 2. The van der Waals surface area contributed by atoms with Crippen LogP contribution in [0.15, 0.2) is 36.4 Å². The van der Waals surface area contributed by atoms with Crippen LogP contribution in [-0.2, 0) is 11.2 Å². The number of aliphatic hydroxyl groups excluding tert-OH is 1. The molecule has 1 fully saturated rings. The Balaban J connectivity index is 1.87. The van der Waals surface area contributed by atoms with E-state index in [0.717, 1.165) is 5.56 Å². The Bertz CT molecular complexity index is 807. The number of aliphatic hydroxyl groups is 2. The summed E-state index contributed by atoms with van der Waals surface area (Å²) in [6, 6.07) is 9.66.